The normalized spacial score (nSPS) is 14.4. The Labute approximate surface area is 85.9 Å². The number of nitrogens with one attached hydrogen (secondary N) is 1. The average molecular weight is 219 g/mol. The molecule has 0 aromatic carbocycles. The first kappa shape index (κ1) is 13.4. The minimum Gasteiger partial charge on any atom is -0.202 e. The summed E-state index contributed by atoms with van der Waals surface area (Å²) in [5.74, 6) is 0.246. The number of hydrogen-bond donors (Lipinski definition) is 1. The molecule has 0 aliphatic carbocycles. The SMILES string of the molecule is CC(C)CNS(=O)(=O)N(C)C(C)C#N. The van der Waals surface area contributed by atoms with Crippen LogP contribution in [0.5, 0.6) is 0 Å². The van der Waals surface area contributed by atoms with Crippen LogP contribution >= 0.6 is 0 Å². The molecule has 0 saturated carbocycles. The Kier molecular flexibility index (Phi) is 5.05. The number of nitriles is 1. The zero-order valence-electron chi connectivity index (χ0n) is 8.98. The molecule has 0 aliphatic heterocycles. The number of hydrogen-bond acceptors (Lipinski definition) is 3. The van der Waals surface area contributed by atoms with Crippen LogP contribution in [0, 0.1) is 17.2 Å². The van der Waals surface area contributed by atoms with Gasteiger partial charge in [0.05, 0.1) is 6.07 Å². The summed E-state index contributed by atoms with van der Waals surface area (Å²) in [6, 6.07) is 1.21. The molecule has 1 N–H and O–H groups in total. The smallest absolute Gasteiger partial charge is 0.202 e. The Balaban J connectivity index is 4.41. The molecule has 0 spiro atoms. The van der Waals surface area contributed by atoms with Crippen LogP contribution in [-0.4, -0.2) is 32.4 Å². The zero-order valence-corrected chi connectivity index (χ0v) is 9.80. The van der Waals surface area contributed by atoms with Gasteiger partial charge in [-0.2, -0.15) is 18.0 Å². The van der Waals surface area contributed by atoms with Crippen molar-refractivity contribution in [2.75, 3.05) is 13.6 Å². The van der Waals surface area contributed by atoms with E-state index in [2.05, 4.69) is 4.72 Å². The van der Waals surface area contributed by atoms with Crippen molar-refractivity contribution in [3.8, 4) is 6.07 Å². The van der Waals surface area contributed by atoms with Gasteiger partial charge in [-0.25, -0.2) is 4.72 Å². The quantitative estimate of drug-likeness (QED) is 0.723. The molecule has 0 aromatic rings. The third kappa shape index (κ3) is 4.05. The summed E-state index contributed by atoms with van der Waals surface area (Å²) in [5, 5.41) is 8.56. The minimum absolute atomic E-state index is 0.246. The molecule has 0 fully saturated rings. The van der Waals surface area contributed by atoms with E-state index in [4.69, 9.17) is 5.26 Å². The standard InChI is InChI=1S/C8H17N3O2S/c1-7(2)6-10-14(12,13)11(4)8(3)5-9/h7-8,10H,6H2,1-4H3. The van der Waals surface area contributed by atoms with Crippen LogP contribution in [0.2, 0.25) is 0 Å². The Hall–Kier alpha value is -0.640. The fraction of sp³-hybridized carbons (Fsp3) is 0.875. The fourth-order valence-corrected chi connectivity index (χ4v) is 1.87. The molecule has 6 heteroatoms. The molecular formula is C8H17N3O2S. The molecule has 0 rings (SSSR count). The molecule has 1 unspecified atom stereocenters. The van der Waals surface area contributed by atoms with Crippen molar-refractivity contribution in [3.63, 3.8) is 0 Å². The summed E-state index contributed by atoms with van der Waals surface area (Å²) in [6.45, 7) is 5.74. The maximum atomic E-state index is 11.5. The molecule has 0 amide bonds. The molecule has 0 aliphatic rings. The predicted octanol–water partition coefficient (Wildman–Crippen LogP) is 0.321. The second-order valence-electron chi connectivity index (χ2n) is 3.57. The van der Waals surface area contributed by atoms with E-state index in [-0.39, 0.29) is 5.92 Å². The summed E-state index contributed by atoms with van der Waals surface area (Å²) in [5.41, 5.74) is 0. The van der Waals surface area contributed by atoms with Crippen molar-refractivity contribution < 1.29 is 8.42 Å². The molecule has 0 heterocycles. The molecular weight excluding hydrogens is 202 g/mol. The Morgan fingerprint density at radius 2 is 1.93 bits per heavy atom. The molecule has 14 heavy (non-hydrogen) atoms. The van der Waals surface area contributed by atoms with Gasteiger partial charge in [-0.15, -0.1) is 0 Å². The van der Waals surface area contributed by atoms with E-state index < -0.39 is 16.3 Å². The second-order valence-corrected chi connectivity index (χ2v) is 5.38. The van der Waals surface area contributed by atoms with Gasteiger partial charge >= 0.3 is 0 Å². The summed E-state index contributed by atoms with van der Waals surface area (Å²) < 4.78 is 26.4. The summed E-state index contributed by atoms with van der Waals surface area (Å²) in [4.78, 5) is 0. The predicted molar refractivity (Wildman–Crippen MR) is 54.6 cm³/mol. The number of nitrogens with zero attached hydrogens (tertiary/aromatic N) is 2. The van der Waals surface area contributed by atoms with E-state index in [9.17, 15) is 8.42 Å². The van der Waals surface area contributed by atoms with Crippen molar-refractivity contribution in [1.29, 1.82) is 5.26 Å². The van der Waals surface area contributed by atoms with E-state index in [0.29, 0.717) is 6.54 Å². The average Bonchev–Trinajstić information content (AvgIpc) is 2.12. The first-order valence-corrected chi connectivity index (χ1v) is 5.87. The molecule has 0 radical (unpaired) electrons. The van der Waals surface area contributed by atoms with E-state index in [1.807, 2.05) is 19.9 Å². The van der Waals surface area contributed by atoms with Crippen molar-refractivity contribution in [1.82, 2.24) is 9.03 Å². The highest BCUT2D eigenvalue weighted by molar-refractivity contribution is 7.87. The monoisotopic (exact) mass is 219 g/mol. The first-order chi connectivity index (χ1) is 6.31. The summed E-state index contributed by atoms with van der Waals surface area (Å²) >= 11 is 0. The van der Waals surface area contributed by atoms with Crippen LogP contribution < -0.4 is 4.72 Å². The molecule has 0 aromatic heterocycles. The molecule has 5 nitrogen and oxygen atoms in total. The highest BCUT2D eigenvalue weighted by atomic mass is 32.2. The summed E-state index contributed by atoms with van der Waals surface area (Å²) in [7, 11) is -2.12. The van der Waals surface area contributed by atoms with Crippen molar-refractivity contribution in [2.45, 2.75) is 26.8 Å². The summed E-state index contributed by atoms with van der Waals surface area (Å²) in [6.07, 6.45) is 0. The third-order valence-electron chi connectivity index (χ3n) is 1.79. The molecule has 1 atom stereocenters. The number of rotatable bonds is 5. The zero-order chi connectivity index (χ0) is 11.4. The lowest BCUT2D eigenvalue weighted by Crippen LogP contribution is -2.43. The molecule has 0 saturated heterocycles. The topological polar surface area (TPSA) is 73.2 Å². The van der Waals surface area contributed by atoms with Gasteiger partial charge in [0.15, 0.2) is 0 Å². The van der Waals surface area contributed by atoms with E-state index in [0.717, 1.165) is 4.31 Å². The van der Waals surface area contributed by atoms with Gasteiger partial charge in [-0.05, 0) is 12.8 Å². The largest absolute Gasteiger partial charge is 0.280 e. The van der Waals surface area contributed by atoms with Crippen LogP contribution in [0.1, 0.15) is 20.8 Å². The van der Waals surface area contributed by atoms with Crippen molar-refractivity contribution >= 4 is 10.2 Å². The van der Waals surface area contributed by atoms with Crippen LogP contribution in [0.15, 0.2) is 0 Å². The first-order valence-electron chi connectivity index (χ1n) is 4.43. The molecule has 82 valence electrons. The maximum Gasteiger partial charge on any atom is 0.280 e. The van der Waals surface area contributed by atoms with E-state index >= 15 is 0 Å². The van der Waals surface area contributed by atoms with Gasteiger partial charge in [-0.1, -0.05) is 13.8 Å². The maximum absolute atomic E-state index is 11.5. The van der Waals surface area contributed by atoms with Crippen molar-refractivity contribution in [2.24, 2.45) is 5.92 Å². The van der Waals surface area contributed by atoms with Crippen LogP contribution in [0.3, 0.4) is 0 Å². The lowest BCUT2D eigenvalue weighted by Gasteiger charge is -2.20. The Bertz CT molecular complexity index is 305. The van der Waals surface area contributed by atoms with Gasteiger partial charge in [0.2, 0.25) is 0 Å². The second kappa shape index (κ2) is 5.29. The lowest BCUT2D eigenvalue weighted by atomic mass is 10.2. The Morgan fingerprint density at radius 3 is 2.29 bits per heavy atom. The van der Waals surface area contributed by atoms with E-state index in [1.54, 1.807) is 0 Å². The van der Waals surface area contributed by atoms with Gasteiger partial charge in [0.25, 0.3) is 10.2 Å². The van der Waals surface area contributed by atoms with Gasteiger partial charge < -0.3 is 0 Å². The van der Waals surface area contributed by atoms with Gasteiger partial charge in [0, 0.05) is 13.6 Å². The van der Waals surface area contributed by atoms with Crippen LogP contribution in [0.25, 0.3) is 0 Å². The highest BCUT2D eigenvalue weighted by Gasteiger charge is 2.22. The fourth-order valence-electron chi connectivity index (χ4n) is 0.663. The van der Waals surface area contributed by atoms with E-state index in [1.165, 1.54) is 14.0 Å². The Morgan fingerprint density at radius 1 is 1.43 bits per heavy atom. The highest BCUT2D eigenvalue weighted by Crippen LogP contribution is 2.01. The van der Waals surface area contributed by atoms with Crippen molar-refractivity contribution in [3.05, 3.63) is 0 Å². The third-order valence-corrected chi connectivity index (χ3v) is 3.39. The van der Waals surface area contributed by atoms with Crippen LogP contribution in [0.4, 0.5) is 0 Å². The van der Waals surface area contributed by atoms with Crippen LogP contribution in [-0.2, 0) is 10.2 Å². The minimum atomic E-state index is -3.51. The van der Waals surface area contributed by atoms with Gasteiger partial charge in [-0.3, -0.25) is 0 Å². The molecule has 0 bridgehead atoms. The lowest BCUT2D eigenvalue weighted by molar-refractivity contribution is 0.427. The van der Waals surface area contributed by atoms with Gasteiger partial charge in [0.1, 0.15) is 6.04 Å².